The maximum atomic E-state index is 13.2. The number of fused-ring (bicyclic) bond motifs is 1. The summed E-state index contributed by atoms with van der Waals surface area (Å²) in [5.41, 5.74) is 1.89. The van der Waals surface area contributed by atoms with Crippen LogP contribution in [0, 0.1) is 12.7 Å². The number of hydrogen-bond acceptors (Lipinski definition) is 6. The summed E-state index contributed by atoms with van der Waals surface area (Å²) in [6.45, 7) is 1.85. The van der Waals surface area contributed by atoms with Crippen molar-refractivity contribution in [2.24, 2.45) is 0 Å². The Balaban J connectivity index is 1.45. The summed E-state index contributed by atoms with van der Waals surface area (Å²) in [6, 6.07) is 13.7. The minimum absolute atomic E-state index is 0.125. The van der Waals surface area contributed by atoms with Crippen molar-refractivity contribution in [3.05, 3.63) is 70.7 Å². The lowest BCUT2D eigenvalue weighted by Crippen LogP contribution is -2.03. The molecule has 0 aliphatic carbocycles. The first kappa shape index (κ1) is 16.4. The highest BCUT2D eigenvalue weighted by Crippen LogP contribution is 2.27. The fraction of sp³-hybridized carbons (Fsp3) is 0.105. The summed E-state index contributed by atoms with van der Waals surface area (Å²) in [4.78, 5) is 12.6. The van der Waals surface area contributed by atoms with Gasteiger partial charge in [-0.3, -0.25) is 0 Å². The number of thiophene rings is 1. The fourth-order valence-electron chi connectivity index (χ4n) is 2.52. The Bertz CT molecular complexity index is 1100. The van der Waals surface area contributed by atoms with Gasteiger partial charge in [-0.05, 0) is 48.7 Å². The summed E-state index contributed by atoms with van der Waals surface area (Å²) in [7, 11) is 0. The van der Waals surface area contributed by atoms with Gasteiger partial charge in [-0.25, -0.2) is 9.18 Å². The van der Waals surface area contributed by atoms with Crippen LogP contribution in [0.5, 0.6) is 0 Å². The highest BCUT2D eigenvalue weighted by molar-refractivity contribution is 7.20. The number of carbonyl (C=O) groups excluding carboxylic acids is 1. The predicted octanol–water partition coefficient (Wildman–Crippen LogP) is 4.76. The molecule has 0 aliphatic heterocycles. The van der Waals surface area contributed by atoms with Crippen LogP contribution in [0.2, 0.25) is 0 Å². The summed E-state index contributed by atoms with van der Waals surface area (Å²) in [5.74, 6) is -0.272. The molecule has 0 bridgehead atoms. The van der Waals surface area contributed by atoms with Crippen LogP contribution in [0.3, 0.4) is 0 Å². The first-order chi connectivity index (χ1) is 12.6. The number of esters is 1. The van der Waals surface area contributed by atoms with E-state index in [2.05, 4.69) is 10.2 Å². The van der Waals surface area contributed by atoms with Crippen LogP contribution in [-0.2, 0) is 11.3 Å². The lowest BCUT2D eigenvalue weighted by Gasteiger charge is -1.99. The van der Waals surface area contributed by atoms with Crippen molar-refractivity contribution in [2.75, 3.05) is 0 Å². The first-order valence-corrected chi connectivity index (χ1v) is 8.66. The molecule has 26 heavy (non-hydrogen) atoms. The zero-order valence-electron chi connectivity index (χ0n) is 13.7. The lowest BCUT2D eigenvalue weighted by atomic mass is 10.1. The normalized spacial score (nSPS) is 11.0. The number of aromatic nitrogens is 2. The number of aryl methyl sites for hydroxylation is 1. The van der Waals surface area contributed by atoms with E-state index >= 15 is 0 Å². The van der Waals surface area contributed by atoms with Gasteiger partial charge in [0.05, 0.1) is 0 Å². The van der Waals surface area contributed by atoms with Crippen molar-refractivity contribution in [1.29, 1.82) is 0 Å². The van der Waals surface area contributed by atoms with Crippen molar-refractivity contribution in [3.63, 3.8) is 0 Å². The van der Waals surface area contributed by atoms with Crippen molar-refractivity contribution in [1.82, 2.24) is 10.2 Å². The van der Waals surface area contributed by atoms with Gasteiger partial charge in [0.2, 0.25) is 5.89 Å². The fourth-order valence-corrected chi connectivity index (χ4v) is 3.46. The van der Waals surface area contributed by atoms with Crippen LogP contribution >= 0.6 is 11.3 Å². The number of nitrogens with zero attached hydrogens (tertiary/aromatic N) is 2. The van der Waals surface area contributed by atoms with Gasteiger partial charge in [-0.15, -0.1) is 21.5 Å². The molecule has 0 amide bonds. The Morgan fingerprint density at radius 2 is 2.08 bits per heavy atom. The predicted molar refractivity (Wildman–Crippen MR) is 95.4 cm³/mol. The van der Waals surface area contributed by atoms with E-state index in [4.69, 9.17) is 9.15 Å². The third-order valence-corrected chi connectivity index (χ3v) is 4.83. The molecular weight excluding hydrogens is 355 g/mol. The van der Waals surface area contributed by atoms with E-state index in [0.29, 0.717) is 16.2 Å². The Labute approximate surface area is 152 Å². The quantitative estimate of drug-likeness (QED) is 0.486. The Kier molecular flexibility index (Phi) is 4.22. The van der Waals surface area contributed by atoms with Gasteiger partial charge in [-0.1, -0.05) is 17.7 Å². The smallest absolute Gasteiger partial charge is 0.348 e. The van der Waals surface area contributed by atoms with Gasteiger partial charge in [-0.2, -0.15) is 0 Å². The first-order valence-electron chi connectivity index (χ1n) is 7.84. The molecule has 2 aromatic carbocycles. The van der Waals surface area contributed by atoms with Gasteiger partial charge in [0.15, 0.2) is 6.61 Å². The van der Waals surface area contributed by atoms with Crippen LogP contribution < -0.4 is 0 Å². The highest BCUT2D eigenvalue weighted by atomic mass is 32.1. The zero-order chi connectivity index (χ0) is 18.1. The average molecular weight is 368 g/mol. The van der Waals surface area contributed by atoms with Crippen molar-refractivity contribution >= 4 is 27.4 Å². The van der Waals surface area contributed by atoms with Crippen LogP contribution in [-0.4, -0.2) is 16.2 Å². The molecule has 2 aromatic heterocycles. The second kappa shape index (κ2) is 6.68. The van der Waals surface area contributed by atoms with Gasteiger partial charge in [0, 0.05) is 10.3 Å². The molecule has 0 aliphatic rings. The van der Waals surface area contributed by atoms with Crippen molar-refractivity contribution in [3.8, 4) is 11.5 Å². The number of rotatable bonds is 4. The van der Waals surface area contributed by atoms with Crippen LogP contribution in [0.4, 0.5) is 4.39 Å². The molecule has 0 saturated carbocycles. The van der Waals surface area contributed by atoms with E-state index in [9.17, 15) is 9.18 Å². The summed E-state index contributed by atoms with van der Waals surface area (Å²) < 4.78 is 24.8. The molecule has 5 nitrogen and oxygen atoms in total. The second-order valence-corrected chi connectivity index (χ2v) is 6.82. The minimum Gasteiger partial charge on any atom is -0.451 e. The minimum atomic E-state index is -0.512. The van der Waals surface area contributed by atoms with E-state index in [1.165, 1.54) is 23.5 Å². The molecule has 0 atom stereocenters. The molecular formula is C19H13FN2O3S. The summed E-state index contributed by atoms with van der Waals surface area (Å²) in [6.07, 6.45) is 0. The molecule has 130 valence electrons. The van der Waals surface area contributed by atoms with Gasteiger partial charge in [0.1, 0.15) is 10.7 Å². The highest BCUT2D eigenvalue weighted by Gasteiger charge is 2.15. The zero-order valence-corrected chi connectivity index (χ0v) is 14.5. The van der Waals surface area contributed by atoms with E-state index in [-0.39, 0.29) is 18.3 Å². The van der Waals surface area contributed by atoms with Gasteiger partial charge < -0.3 is 9.15 Å². The monoisotopic (exact) mass is 368 g/mol. The SMILES string of the molecule is Cc1cccc(-c2nnc(COC(=O)c3cc4cc(F)ccc4s3)o2)c1. The molecule has 0 saturated heterocycles. The average Bonchev–Trinajstić information content (AvgIpc) is 3.26. The number of halogens is 1. The topological polar surface area (TPSA) is 65.2 Å². The molecule has 0 radical (unpaired) electrons. The lowest BCUT2D eigenvalue weighted by molar-refractivity contribution is 0.0444. The summed E-state index contributed by atoms with van der Waals surface area (Å²) in [5, 5.41) is 8.55. The molecule has 0 unspecified atom stereocenters. The maximum absolute atomic E-state index is 13.2. The molecule has 2 heterocycles. The molecule has 4 aromatic rings. The Morgan fingerprint density at radius 3 is 2.92 bits per heavy atom. The number of hydrogen-bond donors (Lipinski definition) is 0. The number of ether oxygens (including phenoxy) is 1. The second-order valence-electron chi connectivity index (χ2n) is 5.74. The molecule has 7 heteroatoms. The molecule has 0 N–H and O–H groups in total. The number of carbonyl (C=O) groups is 1. The third-order valence-electron chi connectivity index (χ3n) is 3.74. The van der Waals surface area contributed by atoms with Crippen LogP contribution in [0.25, 0.3) is 21.5 Å². The molecule has 4 rings (SSSR count). The summed E-state index contributed by atoms with van der Waals surface area (Å²) >= 11 is 1.25. The van der Waals surface area contributed by atoms with E-state index in [0.717, 1.165) is 15.8 Å². The van der Waals surface area contributed by atoms with Gasteiger partial charge >= 0.3 is 5.97 Å². The van der Waals surface area contributed by atoms with E-state index < -0.39 is 5.97 Å². The van der Waals surface area contributed by atoms with Crippen molar-refractivity contribution < 1.29 is 18.3 Å². The largest absolute Gasteiger partial charge is 0.451 e. The molecule has 0 spiro atoms. The Hall–Kier alpha value is -3.06. The van der Waals surface area contributed by atoms with E-state index in [1.807, 2.05) is 31.2 Å². The number of benzene rings is 2. The Morgan fingerprint density at radius 1 is 1.19 bits per heavy atom. The van der Waals surface area contributed by atoms with Crippen molar-refractivity contribution in [2.45, 2.75) is 13.5 Å². The standard InChI is InChI=1S/C19H13FN2O3S/c1-11-3-2-4-12(7-11)18-22-21-17(25-18)10-24-19(23)16-9-13-8-14(20)5-6-15(13)26-16/h2-9H,10H2,1H3. The maximum Gasteiger partial charge on any atom is 0.348 e. The van der Waals surface area contributed by atoms with Gasteiger partial charge in [0.25, 0.3) is 5.89 Å². The van der Waals surface area contributed by atoms with Crippen LogP contribution in [0.15, 0.2) is 52.9 Å². The van der Waals surface area contributed by atoms with E-state index in [1.54, 1.807) is 12.1 Å². The van der Waals surface area contributed by atoms with Crippen LogP contribution in [0.1, 0.15) is 21.1 Å². The third kappa shape index (κ3) is 3.34. The molecule has 0 fully saturated rings.